The predicted octanol–water partition coefficient (Wildman–Crippen LogP) is 4.18. The minimum absolute atomic E-state index is 0.764. The van der Waals surface area contributed by atoms with Gasteiger partial charge in [0.25, 0.3) is 0 Å². The molecule has 1 aliphatic carbocycles. The van der Waals surface area contributed by atoms with Crippen LogP contribution in [-0.4, -0.2) is 47.6 Å². The first-order valence-electron chi connectivity index (χ1n) is 11.7. The number of imidazole rings is 1. The van der Waals surface area contributed by atoms with Gasteiger partial charge in [-0.3, -0.25) is 9.30 Å². The van der Waals surface area contributed by atoms with E-state index in [1.54, 1.807) is 7.11 Å². The molecule has 1 fully saturated rings. The number of anilines is 1. The van der Waals surface area contributed by atoms with Crippen LogP contribution in [0.15, 0.2) is 48.5 Å². The zero-order valence-electron chi connectivity index (χ0n) is 18.9. The molecule has 0 saturated carbocycles. The lowest BCUT2D eigenvalue weighted by atomic mass is 10.0. The maximum Gasteiger partial charge on any atom is 0.157 e. The van der Waals surface area contributed by atoms with Gasteiger partial charge >= 0.3 is 0 Å². The van der Waals surface area contributed by atoms with Crippen LogP contribution in [0.3, 0.4) is 0 Å². The van der Waals surface area contributed by atoms with Crippen molar-refractivity contribution in [1.82, 2.24) is 14.3 Å². The second-order valence-electron chi connectivity index (χ2n) is 8.99. The molecule has 0 unspecified atom stereocenters. The SMILES string of the molecule is COc1ccc(CN2CCN(c3c4c(c(C#N)c5nc6ccccc6n35)CCC4)CC2)cc1. The summed E-state index contributed by atoms with van der Waals surface area (Å²) in [5, 5.41) is 10.0. The van der Waals surface area contributed by atoms with Crippen LogP contribution in [0, 0.1) is 11.3 Å². The topological polar surface area (TPSA) is 56.8 Å². The fraction of sp³-hybridized carbons (Fsp3) is 0.333. The number of para-hydroxylation sites is 2. The summed E-state index contributed by atoms with van der Waals surface area (Å²) in [5.74, 6) is 2.16. The molecule has 33 heavy (non-hydrogen) atoms. The van der Waals surface area contributed by atoms with Crippen molar-refractivity contribution in [3.05, 3.63) is 70.8 Å². The van der Waals surface area contributed by atoms with E-state index in [-0.39, 0.29) is 0 Å². The lowest BCUT2D eigenvalue weighted by Gasteiger charge is -2.37. The summed E-state index contributed by atoms with van der Waals surface area (Å²) in [4.78, 5) is 9.94. The monoisotopic (exact) mass is 437 g/mol. The summed E-state index contributed by atoms with van der Waals surface area (Å²) in [7, 11) is 1.70. The lowest BCUT2D eigenvalue weighted by Crippen LogP contribution is -2.46. The molecule has 0 radical (unpaired) electrons. The van der Waals surface area contributed by atoms with E-state index < -0.39 is 0 Å². The molecule has 0 spiro atoms. The van der Waals surface area contributed by atoms with E-state index in [9.17, 15) is 5.26 Å². The number of hydrogen-bond donors (Lipinski definition) is 0. The average molecular weight is 438 g/mol. The Kier molecular flexibility index (Phi) is 4.92. The van der Waals surface area contributed by atoms with Crippen molar-refractivity contribution in [1.29, 1.82) is 5.26 Å². The minimum Gasteiger partial charge on any atom is -0.497 e. The Morgan fingerprint density at radius 1 is 0.970 bits per heavy atom. The molecule has 1 aliphatic heterocycles. The number of nitriles is 1. The van der Waals surface area contributed by atoms with Crippen molar-refractivity contribution in [2.45, 2.75) is 25.8 Å². The van der Waals surface area contributed by atoms with Crippen LogP contribution >= 0.6 is 0 Å². The molecule has 6 rings (SSSR count). The van der Waals surface area contributed by atoms with Gasteiger partial charge in [-0.2, -0.15) is 5.26 Å². The van der Waals surface area contributed by atoms with E-state index in [2.05, 4.69) is 44.5 Å². The maximum absolute atomic E-state index is 10.0. The van der Waals surface area contributed by atoms with Gasteiger partial charge in [0.05, 0.1) is 23.7 Å². The molecule has 4 aromatic rings. The number of hydrogen-bond acceptors (Lipinski definition) is 5. The van der Waals surface area contributed by atoms with Gasteiger partial charge in [-0.1, -0.05) is 24.3 Å². The van der Waals surface area contributed by atoms with Gasteiger partial charge in [-0.15, -0.1) is 0 Å². The van der Waals surface area contributed by atoms with Gasteiger partial charge in [0.1, 0.15) is 17.6 Å². The number of piperazine rings is 1. The highest BCUT2D eigenvalue weighted by molar-refractivity contribution is 5.86. The van der Waals surface area contributed by atoms with Crippen LogP contribution in [0.1, 0.15) is 28.7 Å². The van der Waals surface area contributed by atoms with Gasteiger partial charge in [0, 0.05) is 32.7 Å². The van der Waals surface area contributed by atoms with E-state index in [4.69, 9.17) is 9.72 Å². The van der Waals surface area contributed by atoms with Crippen molar-refractivity contribution in [2.24, 2.45) is 0 Å². The third-order valence-electron chi connectivity index (χ3n) is 7.13. The normalized spacial score (nSPS) is 16.3. The Hall–Kier alpha value is -3.56. The molecule has 0 atom stereocenters. The van der Waals surface area contributed by atoms with Crippen molar-refractivity contribution >= 4 is 22.5 Å². The fourth-order valence-electron chi connectivity index (χ4n) is 5.50. The van der Waals surface area contributed by atoms with Gasteiger partial charge in [0.2, 0.25) is 0 Å². The second kappa shape index (κ2) is 8.09. The van der Waals surface area contributed by atoms with Gasteiger partial charge < -0.3 is 9.64 Å². The number of pyridine rings is 1. The molecule has 1 saturated heterocycles. The Morgan fingerprint density at radius 2 is 1.73 bits per heavy atom. The number of ether oxygens (including phenoxy) is 1. The van der Waals surface area contributed by atoms with E-state index in [1.807, 2.05) is 24.3 Å². The Labute approximate surface area is 193 Å². The summed E-state index contributed by atoms with van der Waals surface area (Å²) >= 11 is 0. The van der Waals surface area contributed by atoms with E-state index in [0.29, 0.717) is 0 Å². The number of methoxy groups -OCH3 is 1. The molecule has 0 amide bonds. The Morgan fingerprint density at radius 3 is 2.48 bits per heavy atom. The van der Waals surface area contributed by atoms with Crippen LogP contribution < -0.4 is 9.64 Å². The highest BCUT2D eigenvalue weighted by atomic mass is 16.5. The summed E-state index contributed by atoms with van der Waals surface area (Å²) in [6.07, 6.45) is 3.12. The van der Waals surface area contributed by atoms with Crippen LogP contribution in [0.4, 0.5) is 5.82 Å². The number of benzene rings is 2. The third-order valence-corrected chi connectivity index (χ3v) is 7.13. The molecule has 0 N–H and O–H groups in total. The highest BCUT2D eigenvalue weighted by Gasteiger charge is 2.29. The van der Waals surface area contributed by atoms with Crippen LogP contribution in [0.25, 0.3) is 16.7 Å². The predicted molar refractivity (Wildman–Crippen MR) is 130 cm³/mol. The first-order chi connectivity index (χ1) is 16.3. The molecular formula is C27H27N5O. The fourth-order valence-corrected chi connectivity index (χ4v) is 5.50. The van der Waals surface area contributed by atoms with Crippen LogP contribution in [-0.2, 0) is 19.4 Å². The second-order valence-corrected chi connectivity index (χ2v) is 8.99. The molecule has 2 aromatic heterocycles. The van der Waals surface area contributed by atoms with Crippen LogP contribution in [0.5, 0.6) is 5.75 Å². The first-order valence-corrected chi connectivity index (χ1v) is 11.7. The zero-order valence-corrected chi connectivity index (χ0v) is 18.9. The zero-order chi connectivity index (χ0) is 22.4. The average Bonchev–Trinajstić information content (AvgIpc) is 3.49. The molecule has 3 heterocycles. The van der Waals surface area contributed by atoms with Crippen molar-refractivity contribution in [3.8, 4) is 11.8 Å². The van der Waals surface area contributed by atoms with Crippen LogP contribution in [0.2, 0.25) is 0 Å². The lowest BCUT2D eigenvalue weighted by molar-refractivity contribution is 0.249. The molecule has 0 bridgehead atoms. The number of nitrogens with zero attached hydrogens (tertiary/aromatic N) is 5. The summed E-state index contributed by atoms with van der Waals surface area (Å²) in [5.41, 5.74) is 7.51. The van der Waals surface area contributed by atoms with Crippen molar-refractivity contribution in [2.75, 3.05) is 38.2 Å². The standard InChI is InChI=1S/C27H27N5O/c1-33-20-11-9-19(10-12-20)18-30-13-15-31(16-14-30)27-22-6-4-5-21(22)23(17-28)26-29-24-7-2-3-8-25(24)32(26)27/h2-3,7-12H,4-6,13-16,18H2,1H3. The van der Waals surface area contributed by atoms with E-state index in [0.717, 1.165) is 80.0 Å². The molecule has 166 valence electrons. The molecule has 6 heteroatoms. The molecular weight excluding hydrogens is 410 g/mol. The van der Waals surface area contributed by atoms with E-state index >= 15 is 0 Å². The summed E-state index contributed by atoms with van der Waals surface area (Å²) in [6, 6.07) is 19.1. The summed E-state index contributed by atoms with van der Waals surface area (Å²) in [6.45, 7) is 4.91. The number of aromatic nitrogens is 2. The number of rotatable bonds is 4. The number of fused-ring (bicyclic) bond motifs is 4. The first kappa shape index (κ1) is 20.1. The largest absolute Gasteiger partial charge is 0.497 e. The molecule has 6 nitrogen and oxygen atoms in total. The smallest absolute Gasteiger partial charge is 0.157 e. The maximum atomic E-state index is 10.0. The molecule has 2 aliphatic rings. The highest BCUT2D eigenvalue weighted by Crippen LogP contribution is 2.38. The Bertz CT molecular complexity index is 1370. The Balaban J connectivity index is 1.35. The van der Waals surface area contributed by atoms with Gasteiger partial charge in [-0.25, -0.2) is 4.98 Å². The quantitative estimate of drug-likeness (QED) is 0.479. The minimum atomic E-state index is 0.764. The van der Waals surface area contributed by atoms with Crippen molar-refractivity contribution < 1.29 is 4.74 Å². The van der Waals surface area contributed by atoms with Gasteiger partial charge in [0.15, 0.2) is 5.65 Å². The van der Waals surface area contributed by atoms with Gasteiger partial charge in [-0.05, 0) is 60.2 Å². The van der Waals surface area contributed by atoms with E-state index in [1.165, 1.54) is 22.5 Å². The molecule has 2 aromatic carbocycles. The summed E-state index contributed by atoms with van der Waals surface area (Å²) < 4.78 is 7.55. The van der Waals surface area contributed by atoms with Crippen molar-refractivity contribution in [3.63, 3.8) is 0 Å². The third kappa shape index (κ3) is 3.32.